The van der Waals surface area contributed by atoms with Crippen LogP contribution in [0, 0.1) is 11.6 Å². The summed E-state index contributed by atoms with van der Waals surface area (Å²) in [6.45, 7) is 0. The highest BCUT2D eigenvalue weighted by Gasteiger charge is 2.13. The average molecular weight is 368 g/mol. The van der Waals surface area contributed by atoms with E-state index in [0.717, 1.165) is 16.8 Å². The van der Waals surface area contributed by atoms with Crippen molar-refractivity contribution >= 4 is 33.4 Å². The minimum Gasteiger partial charge on any atom is -0.290 e. The molecule has 1 heterocycles. The highest BCUT2D eigenvalue weighted by molar-refractivity contribution is 7.98. The molecule has 0 aliphatic heterocycles. The van der Waals surface area contributed by atoms with E-state index in [4.69, 9.17) is 0 Å². The number of hydrogen-bond acceptors (Lipinski definition) is 3. The predicted molar refractivity (Wildman–Crippen MR) is 100 cm³/mol. The largest absolute Gasteiger partial charge is 0.290 e. The summed E-state index contributed by atoms with van der Waals surface area (Å²) in [6, 6.07) is 15.5. The van der Waals surface area contributed by atoms with E-state index in [9.17, 15) is 13.6 Å². The van der Waals surface area contributed by atoms with Crippen LogP contribution >= 0.6 is 11.8 Å². The molecule has 0 bridgehead atoms. The van der Waals surface area contributed by atoms with Gasteiger partial charge in [-0.1, -0.05) is 48.2 Å². The number of rotatable bonds is 3. The lowest BCUT2D eigenvalue weighted by Crippen LogP contribution is -2.20. The number of hydrogen-bond donors (Lipinski definition) is 0. The first-order valence-corrected chi connectivity index (χ1v) is 8.98. The van der Waals surface area contributed by atoms with Crippen molar-refractivity contribution in [2.24, 2.45) is 7.05 Å². The highest BCUT2D eigenvalue weighted by Crippen LogP contribution is 2.25. The van der Waals surface area contributed by atoms with E-state index in [-0.39, 0.29) is 16.9 Å². The van der Waals surface area contributed by atoms with Crippen molar-refractivity contribution in [3.8, 4) is 0 Å². The van der Waals surface area contributed by atoms with Crippen molar-refractivity contribution in [2.75, 3.05) is 0 Å². The van der Waals surface area contributed by atoms with Crippen LogP contribution in [0.2, 0.25) is 0 Å². The van der Waals surface area contributed by atoms with Crippen LogP contribution in [0.15, 0.2) is 64.5 Å². The third-order valence-electron chi connectivity index (χ3n) is 4.29. The lowest BCUT2D eigenvalue weighted by molar-refractivity contribution is 0.502. The van der Waals surface area contributed by atoms with E-state index in [0.29, 0.717) is 16.1 Å². The standard InChI is InChI=1S/C20H14F2N2OS/c1-24-19(25)15-9-12-5-2-3-6-13(12)10-17(15)23-20(24)26-11-14-7-4-8-16(21)18(14)22/h2-10H,11H2,1H3. The molecule has 130 valence electrons. The molecule has 6 heteroatoms. The fourth-order valence-electron chi connectivity index (χ4n) is 2.87. The molecule has 0 unspecified atom stereocenters. The molecule has 0 saturated carbocycles. The van der Waals surface area contributed by atoms with Crippen LogP contribution in [0.4, 0.5) is 8.78 Å². The van der Waals surface area contributed by atoms with Gasteiger partial charge in [0.2, 0.25) is 0 Å². The molecular formula is C20H14F2N2OS. The lowest BCUT2D eigenvalue weighted by Gasteiger charge is -2.10. The lowest BCUT2D eigenvalue weighted by atomic mass is 10.1. The maximum Gasteiger partial charge on any atom is 0.261 e. The summed E-state index contributed by atoms with van der Waals surface area (Å²) in [6.07, 6.45) is 0. The quantitative estimate of drug-likeness (QED) is 0.300. The fourth-order valence-corrected chi connectivity index (χ4v) is 3.82. The Morgan fingerprint density at radius 2 is 1.77 bits per heavy atom. The average Bonchev–Trinajstić information content (AvgIpc) is 2.65. The molecule has 4 rings (SSSR count). The Balaban J connectivity index is 1.77. The van der Waals surface area contributed by atoms with Gasteiger partial charge in [0.25, 0.3) is 5.56 Å². The van der Waals surface area contributed by atoms with Crippen LogP contribution < -0.4 is 5.56 Å². The SMILES string of the molecule is Cn1c(SCc2cccc(F)c2F)nc2cc3ccccc3cc2c1=O. The maximum atomic E-state index is 13.8. The Morgan fingerprint density at radius 3 is 2.54 bits per heavy atom. The molecule has 4 aromatic rings. The maximum absolute atomic E-state index is 13.8. The molecule has 0 saturated heterocycles. The Kier molecular flexibility index (Phi) is 4.20. The molecule has 26 heavy (non-hydrogen) atoms. The van der Waals surface area contributed by atoms with Gasteiger partial charge in [0.1, 0.15) is 0 Å². The normalized spacial score (nSPS) is 11.3. The number of nitrogens with zero attached hydrogens (tertiary/aromatic N) is 2. The topological polar surface area (TPSA) is 34.9 Å². The molecular weight excluding hydrogens is 354 g/mol. The van der Waals surface area contributed by atoms with E-state index >= 15 is 0 Å². The second-order valence-electron chi connectivity index (χ2n) is 5.98. The zero-order valence-electron chi connectivity index (χ0n) is 13.9. The summed E-state index contributed by atoms with van der Waals surface area (Å²) in [7, 11) is 1.63. The summed E-state index contributed by atoms with van der Waals surface area (Å²) in [5.74, 6) is -1.56. The first-order chi connectivity index (χ1) is 12.5. The third-order valence-corrected chi connectivity index (χ3v) is 5.37. The third kappa shape index (κ3) is 2.86. The Morgan fingerprint density at radius 1 is 1.04 bits per heavy atom. The number of halogens is 2. The molecule has 0 radical (unpaired) electrons. The van der Waals surface area contributed by atoms with Crippen molar-refractivity contribution in [3.05, 3.63) is 82.1 Å². The van der Waals surface area contributed by atoms with Crippen LogP contribution in [0.25, 0.3) is 21.7 Å². The monoisotopic (exact) mass is 368 g/mol. The van der Waals surface area contributed by atoms with Gasteiger partial charge in [-0.2, -0.15) is 0 Å². The molecule has 0 aliphatic rings. The van der Waals surface area contributed by atoms with Crippen LogP contribution in [0.1, 0.15) is 5.56 Å². The first-order valence-electron chi connectivity index (χ1n) is 8.00. The zero-order chi connectivity index (χ0) is 18.3. The highest BCUT2D eigenvalue weighted by atomic mass is 32.2. The van der Waals surface area contributed by atoms with Crippen LogP contribution in [-0.2, 0) is 12.8 Å². The van der Waals surface area contributed by atoms with Gasteiger partial charge in [0.05, 0.1) is 10.9 Å². The van der Waals surface area contributed by atoms with Gasteiger partial charge < -0.3 is 0 Å². The van der Waals surface area contributed by atoms with Crippen molar-refractivity contribution in [1.29, 1.82) is 0 Å². The van der Waals surface area contributed by atoms with Gasteiger partial charge in [-0.25, -0.2) is 13.8 Å². The number of aromatic nitrogens is 2. The zero-order valence-corrected chi connectivity index (χ0v) is 14.7. The van der Waals surface area contributed by atoms with Gasteiger partial charge in [0.15, 0.2) is 16.8 Å². The van der Waals surface area contributed by atoms with Crippen molar-refractivity contribution in [2.45, 2.75) is 10.9 Å². The van der Waals surface area contributed by atoms with Gasteiger partial charge >= 0.3 is 0 Å². The smallest absolute Gasteiger partial charge is 0.261 e. The van der Waals surface area contributed by atoms with Gasteiger partial charge in [-0.15, -0.1) is 0 Å². The summed E-state index contributed by atoms with van der Waals surface area (Å²) >= 11 is 1.20. The van der Waals surface area contributed by atoms with Gasteiger partial charge in [-0.05, 0) is 29.0 Å². The first kappa shape index (κ1) is 16.7. The van der Waals surface area contributed by atoms with E-state index in [1.54, 1.807) is 7.05 Å². The second kappa shape index (κ2) is 6.53. The minimum absolute atomic E-state index is 0.164. The minimum atomic E-state index is -0.880. The van der Waals surface area contributed by atoms with E-state index < -0.39 is 11.6 Å². The number of benzene rings is 3. The summed E-state index contributed by atoms with van der Waals surface area (Å²) in [5, 5.41) is 2.96. The van der Waals surface area contributed by atoms with Crippen molar-refractivity contribution in [3.63, 3.8) is 0 Å². The van der Waals surface area contributed by atoms with E-state index in [2.05, 4.69) is 4.98 Å². The molecule has 0 amide bonds. The fraction of sp³-hybridized carbons (Fsp3) is 0.100. The number of fused-ring (bicyclic) bond motifs is 2. The summed E-state index contributed by atoms with van der Waals surface area (Å²) in [4.78, 5) is 17.3. The molecule has 0 fully saturated rings. The predicted octanol–water partition coefficient (Wildman–Crippen LogP) is 4.66. The number of thioether (sulfide) groups is 1. The molecule has 0 N–H and O–H groups in total. The van der Waals surface area contributed by atoms with Crippen molar-refractivity contribution in [1.82, 2.24) is 9.55 Å². The Hall–Kier alpha value is -2.73. The van der Waals surface area contributed by atoms with Crippen LogP contribution in [0.3, 0.4) is 0 Å². The van der Waals surface area contributed by atoms with E-state index in [1.807, 2.05) is 36.4 Å². The van der Waals surface area contributed by atoms with E-state index in [1.165, 1.54) is 28.5 Å². The molecule has 3 aromatic carbocycles. The molecule has 1 aromatic heterocycles. The Labute approximate surface area is 152 Å². The van der Waals surface area contributed by atoms with Crippen LogP contribution in [0.5, 0.6) is 0 Å². The van der Waals surface area contributed by atoms with Gasteiger partial charge in [0, 0.05) is 18.4 Å². The Bertz CT molecular complexity index is 1200. The molecule has 0 spiro atoms. The summed E-state index contributed by atoms with van der Waals surface area (Å²) < 4.78 is 28.6. The summed E-state index contributed by atoms with van der Waals surface area (Å²) in [5.41, 5.74) is 0.667. The second-order valence-corrected chi connectivity index (χ2v) is 6.92. The molecule has 0 atom stereocenters. The van der Waals surface area contributed by atoms with Gasteiger partial charge in [-0.3, -0.25) is 9.36 Å². The molecule has 0 aliphatic carbocycles. The van der Waals surface area contributed by atoms with Crippen molar-refractivity contribution < 1.29 is 8.78 Å². The van der Waals surface area contributed by atoms with Crippen LogP contribution in [-0.4, -0.2) is 9.55 Å². The molecule has 3 nitrogen and oxygen atoms in total.